The van der Waals surface area contributed by atoms with Gasteiger partial charge in [0, 0.05) is 28.7 Å². The first-order valence-electron chi connectivity index (χ1n) is 10.9. The fraction of sp³-hybridized carbons (Fsp3) is 0.583. The quantitative estimate of drug-likeness (QED) is 0.502. The molecular formula is C24H34ClFN4. The minimum Gasteiger partial charge on any atom is -0.366 e. The van der Waals surface area contributed by atoms with Crippen LogP contribution in [0, 0.1) is 16.6 Å². The Balaban J connectivity index is 1.53. The van der Waals surface area contributed by atoms with Crippen molar-refractivity contribution in [1.29, 1.82) is 0 Å². The molecule has 1 fully saturated rings. The maximum atomic E-state index is 13.6. The molecule has 1 aromatic carbocycles. The van der Waals surface area contributed by atoms with E-state index in [9.17, 15) is 4.39 Å². The summed E-state index contributed by atoms with van der Waals surface area (Å²) in [5, 5.41) is 16.0. The van der Waals surface area contributed by atoms with Crippen molar-refractivity contribution in [3.05, 3.63) is 41.3 Å². The lowest BCUT2D eigenvalue weighted by molar-refractivity contribution is 0.195. The fourth-order valence-electron chi connectivity index (χ4n) is 4.00. The third kappa shape index (κ3) is 6.64. The van der Waals surface area contributed by atoms with Gasteiger partial charge >= 0.3 is 0 Å². The molecule has 0 unspecified atom stereocenters. The van der Waals surface area contributed by atoms with Crippen LogP contribution in [0.3, 0.4) is 0 Å². The lowest BCUT2D eigenvalue weighted by Gasteiger charge is -2.38. The Kier molecular flexibility index (Phi) is 7.35. The zero-order chi connectivity index (χ0) is 21.8. The lowest BCUT2D eigenvalue weighted by Crippen LogP contribution is -2.39. The fourth-order valence-corrected chi connectivity index (χ4v) is 4.23. The van der Waals surface area contributed by atoms with Crippen molar-refractivity contribution >= 4 is 17.4 Å². The number of hydrogen-bond acceptors (Lipinski definition) is 4. The molecule has 1 aliphatic rings. The highest BCUT2D eigenvalue weighted by Gasteiger charge is 2.31. The summed E-state index contributed by atoms with van der Waals surface area (Å²) in [6.07, 6.45) is 7.37. The largest absolute Gasteiger partial charge is 0.366 e. The van der Waals surface area contributed by atoms with Gasteiger partial charge in [-0.05, 0) is 73.7 Å². The van der Waals surface area contributed by atoms with E-state index in [4.69, 9.17) is 11.6 Å². The maximum absolute atomic E-state index is 13.6. The summed E-state index contributed by atoms with van der Waals surface area (Å²) in [5.74, 6) is 0.396. The molecule has 1 saturated carbocycles. The highest BCUT2D eigenvalue weighted by molar-refractivity contribution is 6.33. The van der Waals surface area contributed by atoms with E-state index in [0.29, 0.717) is 33.3 Å². The molecule has 0 aliphatic heterocycles. The maximum Gasteiger partial charge on any atom is 0.149 e. The second kappa shape index (κ2) is 9.61. The van der Waals surface area contributed by atoms with Crippen molar-refractivity contribution < 1.29 is 4.39 Å². The molecule has 0 saturated heterocycles. The van der Waals surface area contributed by atoms with Crippen LogP contribution in [0.4, 0.5) is 10.2 Å². The molecule has 0 amide bonds. The summed E-state index contributed by atoms with van der Waals surface area (Å²) in [5.41, 5.74) is 2.12. The summed E-state index contributed by atoms with van der Waals surface area (Å²) in [6, 6.07) is 6.63. The van der Waals surface area contributed by atoms with E-state index in [1.807, 2.05) is 6.07 Å². The second-order valence-corrected chi connectivity index (χ2v) is 10.6. The van der Waals surface area contributed by atoms with Gasteiger partial charge in [-0.15, -0.1) is 5.10 Å². The third-order valence-corrected chi connectivity index (χ3v) is 6.37. The van der Waals surface area contributed by atoms with Crippen LogP contribution in [0.25, 0.3) is 11.1 Å². The minimum absolute atomic E-state index is 0.316. The Hall–Kier alpha value is -1.72. The molecule has 4 nitrogen and oxygen atoms in total. The van der Waals surface area contributed by atoms with E-state index in [1.165, 1.54) is 31.4 Å². The Morgan fingerprint density at radius 1 is 1.20 bits per heavy atom. The molecule has 0 spiro atoms. The van der Waals surface area contributed by atoms with E-state index in [2.05, 4.69) is 48.5 Å². The smallest absolute Gasteiger partial charge is 0.149 e. The van der Waals surface area contributed by atoms with E-state index in [0.717, 1.165) is 31.5 Å². The predicted molar refractivity (Wildman–Crippen MR) is 123 cm³/mol. The van der Waals surface area contributed by atoms with Crippen LogP contribution in [0.1, 0.15) is 59.8 Å². The summed E-state index contributed by atoms with van der Waals surface area (Å²) >= 11 is 6.24. The highest BCUT2D eigenvalue weighted by Crippen LogP contribution is 2.37. The topological polar surface area (TPSA) is 49.8 Å². The zero-order valence-electron chi connectivity index (χ0n) is 18.6. The standard InChI is InChI=1S/C24H34ClFN4/c1-23(2,3)11-12-27-16-24(4)9-7-19(8-10-24)29-22-13-17(15-28-30-22)20-14-18(26)5-6-21(20)25/h5-6,13-15,19,27H,7-12,16H2,1-4H3,(H,29,30). The number of hydrogen-bond donors (Lipinski definition) is 2. The Bertz CT molecular complexity index is 841. The second-order valence-electron chi connectivity index (χ2n) is 10.2. The predicted octanol–water partition coefficient (Wildman–Crippen LogP) is 6.32. The van der Waals surface area contributed by atoms with E-state index >= 15 is 0 Å². The molecule has 0 radical (unpaired) electrons. The van der Waals surface area contributed by atoms with Crippen molar-refractivity contribution in [3.63, 3.8) is 0 Å². The first-order chi connectivity index (χ1) is 14.1. The van der Waals surface area contributed by atoms with E-state index in [1.54, 1.807) is 12.3 Å². The Morgan fingerprint density at radius 2 is 1.93 bits per heavy atom. The molecule has 2 N–H and O–H groups in total. The van der Waals surface area contributed by atoms with Gasteiger partial charge in [-0.3, -0.25) is 0 Å². The SMILES string of the molecule is CC(C)(C)CCNCC1(C)CCC(Nc2cc(-c3cc(F)ccc3Cl)cnn2)CC1. The molecule has 0 atom stereocenters. The number of rotatable bonds is 7. The Morgan fingerprint density at radius 3 is 2.63 bits per heavy atom. The van der Waals surface area contributed by atoms with Gasteiger partial charge in [-0.25, -0.2) is 4.39 Å². The van der Waals surface area contributed by atoms with Crippen molar-refractivity contribution in [1.82, 2.24) is 15.5 Å². The molecule has 30 heavy (non-hydrogen) atoms. The molecule has 2 aromatic rings. The van der Waals surface area contributed by atoms with Gasteiger partial charge in [-0.1, -0.05) is 39.3 Å². The molecule has 0 bridgehead atoms. The monoisotopic (exact) mass is 432 g/mol. The lowest BCUT2D eigenvalue weighted by atomic mass is 9.74. The first kappa shape index (κ1) is 23.0. The van der Waals surface area contributed by atoms with Crippen LogP contribution < -0.4 is 10.6 Å². The molecule has 164 valence electrons. The van der Waals surface area contributed by atoms with Crippen molar-refractivity contribution in [2.75, 3.05) is 18.4 Å². The number of anilines is 1. The first-order valence-corrected chi connectivity index (χ1v) is 11.3. The van der Waals surface area contributed by atoms with Crippen LogP contribution >= 0.6 is 11.6 Å². The molecule has 1 aromatic heterocycles. The number of halogens is 2. The highest BCUT2D eigenvalue weighted by atomic mass is 35.5. The van der Waals surface area contributed by atoms with Gasteiger partial charge in [0.1, 0.15) is 11.6 Å². The summed E-state index contributed by atoms with van der Waals surface area (Å²) in [6.45, 7) is 11.4. The van der Waals surface area contributed by atoms with Crippen LogP contribution in [0.5, 0.6) is 0 Å². The number of aromatic nitrogens is 2. The third-order valence-electron chi connectivity index (χ3n) is 6.04. The number of nitrogens with zero attached hydrogens (tertiary/aromatic N) is 2. The van der Waals surface area contributed by atoms with Crippen molar-refractivity contribution in [3.8, 4) is 11.1 Å². The van der Waals surface area contributed by atoms with E-state index in [-0.39, 0.29) is 5.82 Å². The average molecular weight is 433 g/mol. The minimum atomic E-state index is -0.316. The van der Waals surface area contributed by atoms with Crippen LogP contribution in [0.2, 0.25) is 5.02 Å². The van der Waals surface area contributed by atoms with Crippen LogP contribution in [-0.2, 0) is 0 Å². The van der Waals surface area contributed by atoms with Gasteiger partial charge in [0.15, 0.2) is 0 Å². The summed E-state index contributed by atoms with van der Waals surface area (Å²) < 4.78 is 13.6. The van der Waals surface area contributed by atoms with Gasteiger partial charge in [0.25, 0.3) is 0 Å². The summed E-state index contributed by atoms with van der Waals surface area (Å²) in [4.78, 5) is 0. The normalized spacial score (nSPS) is 22.1. The van der Waals surface area contributed by atoms with Gasteiger partial charge in [0.2, 0.25) is 0 Å². The molecule has 1 aliphatic carbocycles. The molecular weight excluding hydrogens is 399 g/mol. The van der Waals surface area contributed by atoms with Gasteiger partial charge < -0.3 is 10.6 Å². The summed E-state index contributed by atoms with van der Waals surface area (Å²) in [7, 11) is 0. The van der Waals surface area contributed by atoms with E-state index < -0.39 is 0 Å². The molecule has 6 heteroatoms. The molecule has 1 heterocycles. The van der Waals surface area contributed by atoms with Gasteiger partial charge in [-0.2, -0.15) is 5.10 Å². The van der Waals surface area contributed by atoms with Crippen LogP contribution in [-0.4, -0.2) is 29.3 Å². The Labute approximate surface area is 185 Å². The number of nitrogens with one attached hydrogen (secondary N) is 2. The van der Waals surface area contributed by atoms with Crippen LogP contribution in [0.15, 0.2) is 30.5 Å². The zero-order valence-corrected chi connectivity index (χ0v) is 19.3. The number of benzene rings is 1. The molecule has 3 rings (SSSR count). The van der Waals surface area contributed by atoms with Crippen molar-refractivity contribution in [2.24, 2.45) is 10.8 Å². The average Bonchev–Trinajstić information content (AvgIpc) is 2.69. The van der Waals surface area contributed by atoms with Gasteiger partial charge in [0.05, 0.1) is 6.20 Å². The van der Waals surface area contributed by atoms with Crippen molar-refractivity contribution in [2.45, 2.75) is 65.8 Å².